The van der Waals surface area contributed by atoms with Crippen molar-refractivity contribution >= 4 is 5.91 Å². The van der Waals surface area contributed by atoms with Crippen LogP contribution in [0.25, 0.3) is 22.4 Å². The van der Waals surface area contributed by atoms with Crippen LogP contribution in [0.4, 0.5) is 0 Å². The lowest BCUT2D eigenvalue weighted by Gasteiger charge is -2.19. The molecule has 1 amide bonds. The number of rotatable bonds is 11. The highest BCUT2D eigenvalue weighted by Gasteiger charge is 2.28. The van der Waals surface area contributed by atoms with Crippen LogP contribution in [0.2, 0.25) is 0 Å². The van der Waals surface area contributed by atoms with Gasteiger partial charge in [-0.15, -0.1) is 0 Å². The number of likely N-dealkylation sites (N-methyl/N-ethyl adjacent to an activating group) is 1. The Balaban J connectivity index is 1.49. The molecule has 47 heavy (non-hydrogen) atoms. The summed E-state index contributed by atoms with van der Waals surface area (Å²) in [4.78, 5) is 15.8. The minimum Gasteiger partial charge on any atom is -0.488 e. The van der Waals surface area contributed by atoms with Gasteiger partial charge in [0.05, 0.1) is 5.56 Å². The molecule has 0 saturated carbocycles. The first-order chi connectivity index (χ1) is 22.9. The van der Waals surface area contributed by atoms with Crippen molar-refractivity contribution in [2.45, 2.75) is 52.7 Å². The number of carbonyl (C=O) groups is 1. The summed E-state index contributed by atoms with van der Waals surface area (Å²) in [6.07, 6.45) is 1.93. The van der Waals surface area contributed by atoms with E-state index < -0.39 is 0 Å². The molecule has 242 valence electrons. The quantitative estimate of drug-likeness (QED) is 0.159. The molecule has 1 N–H and O–H groups in total. The van der Waals surface area contributed by atoms with Gasteiger partial charge in [-0.3, -0.25) is 4.79 Å². The number of aromatic nitrogens is 1. The van der Waals surface area contributed by atoms with E-state index in [0.29, 0.717) is 36.8 Å². The van der Waals surface area contributed by atoms with E-state index in [9.17, 15) is 4.79 Å². The van der Waals surface area contributed by atoms with Gasteiger partial charge in [0.15, 0.2) is 0 Å². The average molecular weight is 630 g/mol. The van der Waals surface area contributed by atoms with Gasteiger partial charge in [-0.25, -0.2) is 0 Å². The molecular formula is C40H43N3O4. The molecule has 7 heteroatoms. The molecule has 4 aromatic carbocycles. The number of carbonyl (C=O) groups excluding carboxylic acids is 1. The molecule has 6 rings (SSSR count). The fraction of sp³-hybridized carbons (Fsp3) is 0.300. The second-order valence-electron chi connectivity index (χ2n) is 12.5. The fourth-order valence-electron chi connectivity index (χ4n) is 6.06. The topological polar surface area (TPSA) is 76.8 Å². The molecule has 5 aromatic rings. The number of fused-ring (bicyclic) bond motifs is 1. The molecule has 0 saturated heterocycles. The maximum absolute atomic E-state index is 13.4. The highest BCUT2D eigenvalue weighted by atomic mass is 16.5. The Morgan fingerprint density at radius 2 is 1.49 bits per heavy atom. The Bertz CT molecular complexity index is 1810. The lowest BCUT2D eigenvalue weighted by Crippen LogP contribution is -2.22. The van der Waals surface area contributed by atoms with E-state index in [1.54, 1.807) is 0 Å². The van der Waals surface area contributed by atoms with Crippen molar-refractivity contribution in [1.82, 2.24) is 15.4 Å². The van der Waals surface area contributed by atoms with Crippen LogP contribution in [0.1, 0.15) is 65.1 Å². The molecule has 0 unspecified atom stereocenters. The predicted molar refractivity (Wildman–Crippen MR) is 186 cm³/mol. The molecular weight excluding hydrogens is 586 g/mol. The minimum absolute atomic E-state index is 0.144. The molecule has 7 nitrogen and oxygen atoms in total. The van der Waals surface area contributed by atoms with Gasteiger partial charge in [0.1, 0.15) is 30.4 Å². The van der Waals surface area contributed by atoms with Crippen LogP contribution in [-0.2, 0) is 26.1 Å². The number of nitrogens with zero attached hydrogens (tertiary/aromatic N) is 2. The van der Waals surface area contributed by atoms with Gasteiger partial charge < -0.3 is 24.2 Å². The first-order valence-corrected chi connectivity index (χ1v) is 16.5. The van der Waals surface area contributed by atoms with E-state index in [1.165, 1.54) is 11.1 Å². The number of ether oxygens (including phenoxy) is 2. The molecule has 1 aromatic heterocycles. The summed E-state index contributed by atoms with van der Waals surface area (Å²) >= 11 is 0. The second-order valence-corrected chi connectivity index (χ2v) is 12.5. The van der Waals surface area contributed by atoms with Gasteiger partial charge in [-0.1, -0.05) is 97.9 Å². The number of benzene rings is 4. The van der Waals surface area contributed by atoms with Gasteiger partial charge in [0.25, 0.3) is 5.91 Å². The van der Waals surface area contributed by atoms with E-state index in [2.05, 4.69) is 72.7 Å². The lowest BCUT2D eigenvalue weighted by atomic mass is 9.91. The number of nitrogens with one attached hydrogen (secondary N) is 1. The van der Waals surface area contributed by atoms with Crippen molar-refractivity contribution < 1.29 is 18.8 Å². The normalized spacial score (nSPS) is 13.2. The molecule has 0 fully saturated rings. The second kappa shape index (κ2) is 14.7. The van der Waals surface area contributed by atoms with Crippen LogP contribution in [-0.4, -0.2) is 42.6 Å². The molecule has 0 bridgehead atoms. The Morgan fingerprint density at radius 3 is 2.13 bits per heavy atom. The maximum atomic E-state index is 13.4. The summed E-state index contributed by atoms with van der Waals surface area (Å²) in [7, 11) is 2.16. The first kappa shape index (κ1) is 32.1. The zero-order valence-electron chi connectivity index (χ0n) is 27.7. The fourth-order valence-corrected chi connectivity index (χ4v) is 6.06. The Hall–Kier alpha value is -4.88. The number of hydrogen-bond acceptors (Lipinski definition) is 6. The van der Waals surface area contributed by atoms with Crippen LogP contribution >= 0.6 is 0 Å². The van der Waals surface area contributed by atoms with Crippen molar-refractivity contribution in [2.24, 2.45) is 0 Å². The first-order valence-electron chi connectivity index (χ1n) is 16.5. The van der Waals surface area contributed by atoms with Crippen LogP contribution < -0.4 is 14.8 Å². The predicted octanol–water partition coefficient (Wildman–Crippen LogP) is 8.07. The van der Waals surface area contributed by atoms with Crippen molar-refractivity contribution in [3.8, 4) is 33.9 Å². The van der Waals surface area contributed by atoms with Gasteiger partial charge in [-0.2, -0.15) is 0 Å². The zero-order chi connectivity index (χ0) is 32.8. The minimum atomic E-state index is -0.297. The molecule has 0 atom stereocenters. The van der Waals surface area contributed by atoms with Gasteiger partial charge in [0.2, 0.25) is 5.76 Å². The van der Waals surface area contributed by atoms with Gasteiger partial charge in [0, 0.05) is 31.3 Å². The Morgan fingerprint density at radius 1 is 0.851 bits per heavy atom. The standard InChI is InChI=1S/C40H43N3O4/c1-5-41-40(44)39-37(32-17-16-30-18-20-43(4)21-19-31(30)22-32)38(42-47-39)34-23-33(27(2)3)35(45-25-28-12-8-6-9-13-28)24-36(34)46-26-29-14-10-7-11-15-29/h6-17,22-24,27H,5,18-21,25-26H2,1-4H3,(H,41,44). The smallest absolute Gasteiger partial charge is 0.290 e. The van der Waals surface area contributed by atoms with E-state index in [1.807, 2.05) is 61.5 Å². The average Bonchev–Trinajstić information content (AvgIpc) is 3.45. The summed E-state index contributed by atoms with van der Waals surface area (Å²) in [5.41, 5.74) is 8.64. The Labute approximate surface area is 277 Å². The zero-order valence-corrected chi connectivity index (χ0v) is 27.7. The third-order valence-electron chi connectivity index (χ3n) is 8.72. The van der Waals surface area contributed by atoms with E-state index in [-0.39, 0.29) is 17.6 Å². The third-order valence-corrected chi connectivity index (χ3v) is 8.72. The SMILES string of the molecule is CCNC(=O)c1onc(-c2cc(C(C)C)c(OCc3ccccc3)cc2OCc2ccccc2)c1-c1ccc2c(c1)CCN(C)CC2. The summed E-state index contributed by atoms with van der Waals surface area (Å²) in [5, 5.41) is 7.50. The van der Waals surface area contributed by atoms with E-state index in [4.69, 9.17) is 14.0 Å². The number of amides is 1. The number of hydrogen-bond donors (Lipinski definition) is 1. The van der Waals surface area contributed by atoms with Crippen molar-refractivity contribution in [1.29, 1.82) is 0 Å². The lowest BCUT2D eigenvalue weighted by molar-refractivity contribution is 0.0920. The van der Waals surface area contributed by atoms with Gasteiger partial charge >= 0.3 is 0 Å². The molecule has 1 aliphatic rings. The van der Waals surface area contributed by atoms with Crippen molar-refractivity contribution in [3.05, 3.63) is 125 Å². The molecule has 1 aliphatic heterocycles. The highest BCUT2D eigenvalue weighted by molar-refractivity contribution is 6.02. The Kier molecular flexibility index (Phi) is 10.0. The van der Waals surface area contributed by atoms with Gasteiger partial charge in [-0.05, 0) is 72.2 Å². The third kappa shape index (κ3) is 7.42. The van der Waals surface area contributed by atoms with Crippen LogP contribution in [0.3, 0.4) is 0 Å². The molecule has 2 heterocycles. The maximum Gasteiger partial charge on any atom is 0.290 e. The van der Waals surface area contributed by atoms with Crippen LogP contribution in [0, 0.1) is 0 Å². The van der Waals surface area contributed by atoms with Crippen molar-refractivity contribution in [2.75, 3.05) is 26.7 Å². The monoisotopic (exact) mass is 629 g/mol. The summed E-state index contributed by atoms with van der Waals surface area (Å²) in [6, 6.07) is 30.7. The largest absolute Gasteiger partial charge is 0.488 e. The van der Waals surface area contributed by atoms with Crippen LogP contribution in [0.5, 0.6) is 11.5 Å². The molecule has 0 spiro atoms. The highest BCUT2D eigenvalue weighted by Crippen LogP contribution is 2.44. The summed E-state index contributed by atoms with van der Waals surface area (Å²) < 4.78 is 18.9. The van der Waals surface area contributed by atoms with E-state index >= 15 is 0 Å². The van der Waals surface area contributed by atoms with E-state index in [0.717, 1.165) is 59.5 Å². The molecule has 0 radical (unpaired) electrons. The summed E-state index contributed by atoms with van der Waals surface area (Å²) in [6.45, 7) is 9.45. The van der Waals surface area contributed by atoms with Crippen molar-refractivity contribution in [3.63, 3.8) is 0 Å². The summed E-state index contributed by atoms with van der Waals surface area (Å²) in [5.74, 6) is 1.39. The molecule has 0 aliphatic carbocycles. The van der Waals surface area contributed by atoms with Crippen LogP contribution in [0.15, 0.2) is 95.5 Å².